The van der Waals surface area contributed by atoms with E-state index in [9.17, 15) is 14.4 Å². The van der Waals surface area contributed by atoms with Crippen LogP contribution in [0.25, 0.3) is 22.0 Å². The minimum absolute atomic E-state index is 0.118. The lowest BCUT2D eigenvalue weighted by atomic mass is 10.0. The van der Waals surface area contributed by atoms with E-state index in [2.05, 4.69) is 15.5 Å². The molecular formula is C18H13N3O5. The molecule has 1 aromatic heterocycles. The first kappa shape index (κ1) is 15.8. The van der Waals surface area contributed by atoms with E-state index >= 15 is 0 Å². The number of aromatic nitrogens is 2. The molecule has 130 valence electrons. The Labute approximate surface area is 146 Å². The van der Waals surface area contributed by atoms with Gasteiger partial charge in [-0.25, -0.2) is 5.10 Å². The van der Waals surface area contributed by atoms with Crippen LogP contribution in [0, 0.1) is 0 Å². The Bertz CT molecular complexity index is 1120. The van der Waals surface area contributed by atoms with Gasteiger partial charge in [0.25, 0.3) is 5.56 Å². The number of amides is 1. The monoisotopic (exact) mass is 351 g/mol. The third-order valence-electron chi connectivity index (χ3n) is 4.08. The lowest BCUT2D eigenvalue weighted by Gasteiger charge is -2.20. The third-order valence-corrected chi connectivity index (χ3v) is 4.08. The van der Waals surface area contributed by atoms with Gasteiger partial charge in [-0.05, 0) is 30.3 Å². The number of rotatable bonds is 4. The zero-order valence-corrected chi connectivity index (χ0v) is 13.4. The maximum atomic E-state index is 12.0. The van der Waals surface area contributed by atoms with Crippen molar-refractivity contribution >= 4 is 28.3 Å². The normalized spacial score (nSPS) is 11.5. The molecule has 8 heteroatoms. The Morgan fingerprint density at radius 1 is 1.15 bits per heavy atom. The highest BCUT2D eigenvalue weighted by molar-refractivity contribution is 6.02. The van der Waals surface area contributed by atoms with Crippen LogP contribution in [-0.2, 0) is 9.59 Å². The number of hydrogen-bond donors (Lipinski definition) is 3. The number of carbonyl (C=O) groups excluding carboxylic acids is 1. The largest absolute Gasteiger partial charge is 0.481 e. The lowest BCUT2D eigenvalue weighted by Crippen LogP contribution is -2.14. The van der Waals surface area contributed by atoms with Crippen LogP contribution in [0.4, 0.5) is 5.69 Å². The second-order valence-electron chi connectivity index (χ2n) is 5.83. The number of aliphatic carboxylic acids is 1. The quantitative estimate of drug-likeness (QED) is 0.519. The molecule has 1 amide bonds. The summed E-state index contributed by atoms with van der Waals surface area (Å²) in [5.41, 5.74) is 1.36. The highest BCUT2D eigenvalue weighted by Gasteiger charge is 2.23. The zero-order chi connectivity index (χ0) is 18.3. The molecule has 26 heavy (non-hydrogen) atoms. The van der Waals surface area contributed by atoms with Gasteiger partial charge in [-0.3, -0.25) is 14.4 Å². The van der Waals surface area contributed by atoms with Gasteiger partial charge in [-0.15, -0.1) is 0 Å². The van der Waals surface area contributed by atoms with Gasteiger partial charge in [-0.1, -0.05) is 6.07 Å². The molecule has 1 aliphatic heterocycles. The van der Waals surface area contributed by atoms with Gasteiger partial charge in [0.1, 0.15) is 17.2 Å². The molecule has 1 aliphatic rings. The second-order valence-corrected chi connectivity index (χ2v) is 5.83. The zero-order valence-electron chi connectivity index (χ0n) is 13.4. The van der Waals surface area contributed by atoms with Crippen molar-refractivity contribution < 1.29 is 19.4 Å². The summed E-state index contributed by atoms with van der Waals surface area (Å²) in [4.78, 5) is 34.4. The Hall–Kier alpha value is -3.68. The smallest absolute Gasteiger partial charge is 0.303 e. The SMILES string of the molecule is O=C(O)CCC(=O)Nc1ccc2c(c1)-c1n[nH]c(=O)c3cccc(c13)O2. The molecular weight excluding hydrogens is 338 g/mol. The summed E-state index contributed by atoms with van der Waals surface area (Å²) in [5, 5.41) is 19.0. The standard InChI is InChI=1S/C18H13N3O5/c22-14(6-7-15(23)24)19-9-4-5-12-11(8-9)17-16-10(18(25)21-20-17)2-1-3-13(16)26-12/h1-5,8H,6-7H2,(H,19,22)(H,21,25)(H,23,24). The number of aromatic amines is 1. The summed E-state index contributed by atoms with van der Waals surface area (Å²) in [5.74, 6) is -0.339. The van der Waals surface area contributed by atoms with Crippen molar-refractivity contribution in [3.8, 4) is 22.8 Å². The van der Waals surface area contributed by atoms with Crippen molar-refractivity contribution in [3.05, 3.63) is 46.8 Å². The van der Waals surface area contributed by atoms with Crippen molar-refractivity contribution in [1.82, 2.24) is 10.2 Å². The molecule has 0 unspecified atom stereocenters. The summed E-state index contributed by atoms with van der Waals surface area (Å²) in [7, 11) is 0. The molecule has 0 fully saturated rings. The fourth-order valence-electron chi connectivity index (χ4n) is 2.91. The fourth-order valence-corrected chi connectivity index (χ4v) is 2.91. The van der Waals surface area contributed by atoms with E-state index < -0.39 is 11.9 Å². The number of carboxylic acids is 1. The first-order chi connectivity index (χ1) is 12.5. The van der Waals surface area contributed by atoms with Gasteiger partial charge in [0, 0.05) is 17.7 Å². The maximum Gasteiger partial charge on any atom is 0.303 e. The van der Waals surface area contributed by atoms with E-state index in [1.165, 1.54) is 0 Å². The minimum Gasteiger partial charge on any atom is -0.481 e. The molecule has 0 atom stereocenters. The Morgan fingerprint density at radius 3 is 2.81 bits per heavy atom. The number of carbonyl (C=O) groups is 2. The second kappa shape index (κ2) is 5.99. The summed E-state index contributed by atoms with van der Waals surface area (Å²) >= 11 is 0. The molecule has 0 saturated carbocycles. The van der Waals surface area contributed by atoms with Crippen LogP contribution in [0.2, 0.25) is 0 Å². The van der Waals surface area contributed by atoms with Crippen LogP contribution in [0.3, 0.4) is 0 Å². The number of hydrogen-bond acceptors (Lipinski definition) is 5. The van der Waals surface area contributed by atoms with E-state index in [-0.39, 0.29) is 18.4 Å². The Balaban J connectivity index is 1.74. The highest BCUT2D eigenvalue weighted by atomic mass is 16.5. The number of nitrogens with one attached hydrogen (secondary N) is 2. The van der Waals surface area contributed by atoms with Crippen molar-refractivity contribution in [2.24, 2.45) is 0 Å². The Kier molecular flexibility index (Phi) is 3.65. The number of fused-ring (bicyclic) bond motifs is 2. The lowest BCUT2D eigenvalue weighted by molar-refractivity contribution is -0.138. The van der Waals surface area contributed by atoms with Crippen LogP contribution in [0.1, 0.15) is 12.8 Å². The van der Waals surface area contributed by atoms with Gasteiger partial charge in [0.15, 0.2) is 0 Å². The van der Waals surface area contributed by atoms with Crippen LogP contribution < -0.4 is 15.6 Å². The predicted octanol–water partition coefficient (Wildman–Crippen LogP) is 2.50. The summed E-state index contributed by atoms with van der Waals surface area (Å²) in [6.07, 6.45) is -0.359. The average Bonchev–Trinajstić information content (AvgIpc) is 2.62. The molecule has 8 nitrogen and oxygen atoms in total. The van der Waals surface area contributed by atoms with Crippen LogP contribution in [0.15, 0.2) is 41.2 Å². The van der Waals surface area contributed by atoms with Crippen LogP contribution in [0.5, 0.6) is 11.5 Å². The summed E-state index contributed by atoms with van der Waals surface area (Å²) in [6, 6.07) is 10.2. The maximum absolute atomic E-state index is 12.0. The van der Waals surface area contributed by atoms with E-state index in [0.29, 0.717) is 39.2 Å². The molecule has 0 bridgehead atoms. The third kappa shape index (κ3) is 2.67. The topological polar surface area (TPSA) is 121 Å². The van der Waals surface area contributed by atoms with Crippen LogP contribution >= 0.6 is 0 Å². The average molecular weight is 351 g/mol. The first-order valence-corrected chi connectivity index (χ1v) is 7.88. The number of benzene rings is 2. The van der Waals surface area contributed by atoms with Crippen molar-refractivity contribution in [2.45, 2.75) is 12.8 Å². The predicted molar refractivity (Wildman–Crippen MR) is 93.4 cm³/mol. The van der Waals surface area contributed by atoms with Gasteiger partial charge in [0.05, 0.1) is 17.2 Å². The Morgan fingerprint density at radius 2 is 2.00 bits per heavy atom. The van der Waals surface area contributed by atoms with Gasteiger partial charge < -0.3 is 15.2 Å². The van der Waals surface area contributed by atoms with E-state index in [4.69, 9.17) is 9.84 Å². The van der Waals surface area contributed by atoms with E-state index in [1.807, 2.05) is 0 Å². The van der Waals surface area contributed by atoms with Crippen molar-refractivity contribution in [3.63, 3.8) is 0 Å². The molecule has 0 saturated heterocycles. The minimum atomic E-state index is -1.03. The van der Waals surface area contributed by atoms with Crippen LogP contribution in [-0.4, -0.2) is 27.2 Å². The van der Waals surface area contributed by atoms with Gasteiger partial charge >= 0.3 is 5.97 Å². The van der Waals surface area contributed by atoms with Crippen molar-refractivity contribution in [1.29, 1.82) is 0 Å². The molecule has 0 radical (unpaired) electrons. The van der Waals surface area contributed by atoms with E-state index in [1.54, 1.807) is 36.4 Å². The van der Waals surface area contributed by atoms with E-state index in [0.717, 1.165) is 0 Å². The molecule has 2 aromatic carbocycles. The number of H-pyrrole nitrogens is 1. The number of ether oxygens (including phenoxy) is 1. The number of anilines is 1. The summed E-state index contributed by atoms with van der Waals surface area (Å²) in [6.45, 7) is 0. The molecule has 3 aromatic rings. The highest BCUT2D eigenvalue weighted by Crippen LogP contribution is 2.44. The van der Waals surface area contributed by atoms with Crippen molar-refractivity contribution in [2.75, 3.05) is 5.32 Å². The molecule has 0 aliphatic carbocycles. The summed E-state index contributed by atoms with van der Waals surface area (Å²) < 4.78 is 5.86. The first-order valence-electron chi connectivity index (χ1n) is 7.88. The molecule has 2 heterocycles. The molecule has 3 N–H and O–H groups in total. The molecule has 4 rings (SSSR count). The van der Waals surface area contributed by atoms with Gasteiger partial charge in [-0.2, -0.15) is 5.10 Å². The number of nitrogens with zero attached hydrogens (tertiary/aromatic N) is 1. The molecule has 0 spiro atoms. The number of carboxylic acid groups (broad SMARTS) is 1. The fraction of sp³-hybridized carbons (Fsp3) is 0.111. The van der Waals surface area contributed by atoms with Gasteiger partial charge in [0.2, 0.25) is 5.91 Å².